The number of β-amino-alcohol motifs (C(OH)–C–C–N with tert-alkyl or cyclic N) is 1. The second kappa shape index (κ2) is 10.1. The summed E-state index contributed by atoms with van der Waals surface area (Å²) in [5.41, 5.74) is 2.69. The van der Waals surface area contributed by atoms with E-state index >= 15 is 0 Å². The van der Waals surface area contributed by atoms with E-state index in [1.165, 1.54) is 11.3 Å². The lowest BCUT2D eigenvalue weighted by atomic mass is 10.1. The minimum atomic E-state index is -0.865. The molecule has 1 fully saturated rings. The highest BCUT2D eigenvalue weighted by atomic mass is 16.5. The molecule has 1 aromatic rings. The second-order valence-electron chi connectivity index (χ2n) is 7.53. The topological polar surface area (TPSA) is 86.9 Å². The molecule has 1 aromatic heterocycles. The molecule has 27 heavy (non-hydrogen) atoms. The number of ether oxygens (including phenoxy) is 1. The number of nitrogens with one attached hydrogen (secondary N) is 2. The van der Waals surface area contributed by atoms with Gasteiger partial charge in [-0.3, -0.25) is 14.6 Å². The Kier molecular flexibility index (Phi) is 8.07. The Labute approximate surface area is 163 Å². The van der Waals surface area contributed by atoms with Crippen LogP contribution in [0.25, 0.3) is 0 Å². The molecule has 0 radical (unpaired) electrons. The van der Waals surface area contributed by atoms with Crippen molar-refractivity contribution in [3.63, 3.8) is 0 Å². The maximum Gasteiger partial charge on any atom is 0.191 e. The van der Waals surface area contributed by atoms with Crippen LogP contribution < -0.4 is 10.6 Å². The molecule has 0 aromatic carbocycles. The zero-order valence-corrected chi connectivity index (χ0v) is 17.5. The minimum absolute atomic E-state index is 0.352. The SMILES string of the molecule is CCNC(=NCC(C)(O)CN1CCOCC1)NCCc1c(C)nn(C)c1C. The van der Waals surface area contributed by atoms with Crippen LogP contribution in [0.2, 0.25) is 0 Å². The van der Waals surface area contributed by atoms with Crippen LogP contribution in [-0.2, 0) is 18.2 Å². The number of aliphatic hydroxyl groups is 1. The van der Waals surface area contributed by atoms with Crippen LogP contribution >= 0.6 is 0 Å². The molecular weight excluding hydrogens is 344 g/mol. The van der Waals surface area contributed by atoms with Gasteiger partial charge in [0.15, 0.2) is 5.96 Å². The fraction of sp³-hybridized carbons (Fsp3) is 0.789. The average Bonchev–Trinajstić information content (AvgIpc) is 2.86. The van der Waals surface area contributed by atoms with Crippen molar-refractivity contribution < 1.29 is 9.84 Å². The zero-order chi connectivity index (χ0) is 19.9. The van der Waals surface area contributed by atoms with E-state index < -0.39 is 5.60 Å². The Morgan fingerprint density at radius 2 is 2.00 bits per heavy atom. The molecule has 2 heterocycles. The van der Waals surface area contributed by atoms with Gasteiger partial charge in [-0.15, -0.1) is 0 Å². The van der Waals surface area contributed by atoms with Gasteiger partial charge >= 0.3 is 0 Å². The Morgan fingerprint density at radius 3 is 2.59 bits per heavy atom. The van der Waals surface area contributed by atoms with Crippen molar-refractivity contribution in [1.29, 1.82) is 0 Å². The maximum atomic E-state index is 10.7. The molecule has 1 atom stereocenters. The van der Waals surface area contributed by atoms with E-state index in [9.17, 15) is 5.11 Å². The smallest absolute Gasteiger partial charge is 0.191 e. The summed E-state index contributed by atoms with van der Waals surface area (Å²) in [5.74, 6) is 0.735. The summed E-state index contributed by atoms with van der Waals surface area (Å²) in [5, 5.41) is 21.8. The minimum Gasteiger partial charge on any atom is -0.387 e. The van der Waals surface area contributed by atoms with Gasteiger partial charge in [0.2, 0.25) is 0 Å². The van der Waals surface area contributed by atoms with E-state index in [0.717, 1.165) is 57.5 Å². The summed E-state index contributed by atoms with van der Waals surface area (Å²) in [7, 11) is 1.97. The van der Waals surface area contributed by atoms with Crippen LogP contribution in [0.15, 0.2) is 4.99 Å². The summed E-state index contributed by atoms with van der Waals surface area (Å²) < 4.78 is 7.29. The molecular formula is C19H36N6O2. The fourth-order valence-electron chi connectivity index (χ4n) is 3.37. The molecule has 0 aliphatic carbocycles. The third-order valence-electron chi connectivity index (χ3n) is 4.92. The van der Waals surface area contributed by atoms with Crippen molar-refractivity contribution in [2.24, 2.45) is 12.0 Å². The number of nitrogens with zero attached hydrogens (tertiary/aromatic N) is 4. The molecule has 1 unspecified atom stereocenters. The molecule has 1 aliphatic rings. The molecule has 8 nitrogen and oxygen atoms in total. The van der Waals surface area contributed by atoms with Crippen LogP contribution in [0.3, 0.4) is 0 Å². The van der Waals surface area contributed by atoms with Gasteiger partial charge in [0.05, 0.1) is 31.1 Å². The third kappa shape index (κ3) is 6.79. The molecule has 8 heteroatoms. The molecule has 3 N–H and O–H groups in total. The quantitative estimate of drug-likeness (QED) is 0.442. The Morgan fingerprint density at radius 1 is 1.30 bits per heavy atom. The molecule has 0 saturated carbocycles. The highest BCUT2D eigenvalue weighted by Crippen LogP contribution is 2.12. The number of rotatable bonds is 8. The van der Waals surface area contributed by atoms with Crippen molar-refractivity contribution in [2.75, 3.05) is 52.5 Å². The first kappa shape index (κ1) is 21.7. The van der Waals surface area contributed by atoms with E-state index in [1.54, 1.807) is 0 Å². The van der Waals surface area contributed by atoms with Crippen molar-refractivity contribution in [1.82, 2.24) is 25.3 Å². The molecule has 154 valence electrons. The van der Waals surface area contributed by atoms with Crippen LogP contribution in [0.5, 0.6) is 0 Å². The lowest BCUT2D eigenvalue weighted by molar-refractivity contribution is -0.0179. The summed E-state index contributed by atoms with van der Waals surface area (Å²) >= 11 is 0. The van der Waals surface area contributed by atoms with Gasteiger partial charge in [-0.1, -0.05) is 0 Å². The number of morpholine rings is 1. The molecule has 0 amide bonds. The molecule has 1 saturated heterocycles. The van der Waals surface area contributed by atoms with Gasteiger partial charge in [0.1, 0.15) is 0 Å². The van der Waals surface area contributed by atoms with E-state index in [2.05, 4.69) is 32.5 Å². The van der Waals surface area contributed by atoms with Crippen molar-refractivity contribution in [3.05, 3.63) is 17.0 Å². The van der Waals surface area contributed by atoms with Crippen molar-refractivity contribution >= 4 is 5.96 Å². The monoisotopic (exact) mass is 380 g/mol. The molecule has 2 rings (SSSR count). The van der Waals surface area contributed by atoms with Crippen LogP contribution in [0, 0.1) is 13.8 Å². The van der Waals surface area contributed by atoms with Crippen LogP contribution in [0.1, 0.15) is 30.8 Å². The predicted octanol–water partition coefficient (Wildman–Crippen LogP) is 0.218. The van der Waals surface area contributed by atoms with Crippen molar-refractivity contribution in [3.8, 4) is 0 Å². The van der Waals surface area contributed by atoms with Crippen molar-refractivity contribution in [2.45, 2.75) is 39.7 Å². The summed E-state index contributed by atoms with van der Waals surface area (Å²) in [6.45, 7) is 13.7. The summed E-state index contributed by atoms with van der Waals surface area (Å²) in [4.78, 5) is 6.83. The number of hydrogen-bond acceptors (Lipinski definition) is 5. The fourth-order valence-corrected chi connectivity index (χ4v) is 3.37. The standard InChI is InChI=1S/C19H36N6O2/c1-6-20-18(21-8-7-17-15(2)23-24(5)16(17)3)22-13-19(4,26)14-25-9-11-27-12-10-25/h26H,6-14H2,1-5H3,(H2,20,21,22). The number of guanidine groups is 1. The maximum absolute atomic E-state index is 10.7. The van der Waals surface area contributed by atoms with Gasteiger partial charge < -0.3 is 20.5 Å². The Balaban J connectivity index is 1.86. The summed E-state index contributed by atoms with van der Waals surface area (Å²) in [6.07, 6.45) is 0.889. The van der Waals surface area contributed by atoms with E-state index in [4.69, 9.17) is 4.74 Å². The number of aryl methyl sites for hydroxylation is 2. The highest BCUT2D eigenvalue weighted by molar-refractivity contribution is 5.79. The summed E-state index contributed by atoms with van der Waals surface area (Å²) in [6, 6.07) is 0. The van der Waals surface area contributed by atoms with Crippen LogP contribution in [-0.4, -0.2) is 83.8 Å². The first-order chi connectivity index (χ1) is 12.8. The lowest BCUT2D eigenvalue weighted by Gasteiger charge is -2.33. The van der Waals surface area contributed by atoms with E-state index in [-0.39, 0.29) is 0 Å². The zero-order valence-electron chi connectivity index (χ0n) is 17.5. The first-order valence-electron chi connectivity index (χ1n) is 9.86. The van der Waals surface area contributed by atoms with Gasteiger partial charge in [-0.05, 0) is 39.7 Å². The molecule has 1 aliphatic heterocycles. The van der Waals surface area contributed by atoms with Gasteiger partial charge in [-0.25, -0.2) is 0 Å². The van der Waals surface area contributed by atoms with E-state index in [0.29, 0.717) is 13.1 Å². The average molecular weight is 381 g/mol. The predicted molar refractivity (Wildman–Crippen MR) is 108 cm³/mol. The lowest BCUT2D eigenvalue weighted by Crippen LogP contribution is -2.48. The van der Waals surface area contributed by atoms with E-state index in [1.807, 2.05) is 32.5 Å². The normalized spacial score (nSPS) is 18.4. The second-order valence-corrected chi connectivity index (χ2v) is 7.53. The number of aromatic nitrogens is 2. The van der Waals surface area contributed by atoms with Gasteiger partial charge in [0, 0.05) is 45.5 Å². The van der Waals surface area contributed by atoms with Crippen LogP contribution in [0.4, 0.5) is 0 Å². The first-order valence-corrected chi connectivity index (χ1v) is 9.86. The van der Waals surface area contributed by atoms with Gasteiger partial charge in [0.25, 0.3) is 0 Å². The molecule has 0 bridgehead atoms. The third-order valence-corrected chi connectivity index (χ3v) is 4.92. The van der Waals surface area contributed by atoms with Gasteiger partial charge in [-0.2, -0.15) is 5.10 Å². The molecule has 0 spiro atoms. The number of hydrogen-bond donors (Lipinski definition) is 3. The number of aliphatic imine (C=N–C) groups is 1. The highest BCUT2D eigenvalue weighted by Gasteiger charge is 2.25. The Hall–Kier alpha value is -1.64. The largest absolute Gasteiger partial charge is 0.387 e. The Bertz CT molecular complexity index is 620.